The van der Waals surface area contributed by atoms with E-state index in [1.807, 2.05) is 33.8 Å². The molecular weight excluding hydrogens is 462 g/mol. The number of methoxy groups -OCH3 is 1. The SMILES string of the molecule is COC(=O)NC(C)(C)/C=C/n1ncc(C(=O)NC2C3CC4CC2CC(COC(N)=O)(C4)C3)c1C(C)C. The Balaban J connectivity index is 1.48. The Morgan fingerprint density at radius 3 is 2.50 bits per heavy atom. The van der Waals surface area contributed by atoms with Gasteiger partial charge in [0.05, 0.1) is 36.7 Å². The number of nitrogens with zero attached hydrogens (tertiary/aromatic N) is 2. The van der Waals surface area contributed by atoms with Crippen LogP contribution in [-0.4, -0.2) is 53.2 Å². The van der Waals surface area contributed by atoms with Gasteiger partial charge in [-0.1, -0.05) is 13.8 Å². The first-order valence-corrected chi connectivity index (χ1v) is 12.8. The molecule has 3 amide bonds. The highest BCUT2D eigenvalue weighted by atomic mass is 16.5. The predicted octanol–water partition coefficient (Wildman–Crippen LogP) is 3.63. The van der Waals surface area contributed by atoms with Crippen molar-refractivity contribution in [2.45, 2.75) is 77.3 Å². The summed E-state index contributed by atoms with van der Waals surface area (Å²) in [7, 11) is 1.32. The van der Waals surface area contributed by atoms with Gasteiger partial charge in [0.25, 0.3) is 5.91 Å². The summed E-state index contributed by atoms with van der Waals surface area (Å²) in [6.45, 7) is 8.13. The van der Waals surface area contributed by atoms with Crippen LogP contribution in [0.15, 0.2) is 12.3 Å². The van der Waals surface area contributed by atoms with Gasteiger partial charge in [0.15, 0.2) is 0 Å². The largest absolute Gasteiger partial charge is 0.453 e. The van der Waals surface area contributed by atoms with E-state index in [-0.39, 0.29) is 23.3 Å². The van der Waals surface area contributed by atoms with Crippen molar-refractivity contribution in [3.05, 3.63) is 23.5 Å². The van der Waals surface area contributed by atoms with E-state index in [9.17, 15) is 14.4 Å². The Kier molecular flexibility index (Phi) is 7.07. The van der Waals surface area contributed by atoms with Crippen LogP contribution in [0.3, 0.4) is 0 Å². The maximum atomic E-state index is 13.5. The first-order chi connectivity index (χ1) is 16.9. The number of carbonyl (C=O) groups is 3. The molecule has 4 saturated carbocycles. The Labute approximate surface area is 212 Å². The Morgan fingerprint density at radius 1 is 1.25 bits per heavy atom. The van der Waals surface area contributed by atoms with Crippen LogP contribution in [-0.2, 0) is 9.47 Å². The van der Waals surface area contributed by atoms with E-state index in [0.29, 0.717) is 29.9 Å². The van der Waals surface area contributed by atoms with Crippen LogP contribution in [0.5, 0.6) is 0 Å². The molecule has 1 heterocycles. The number of rotatable bonds is 8. The second-order valence-corrected chi connectivity index (χ2v) is 11.8. The van der Waals surface area contributed by atoms with E-state index >= 15 is 0 Å². The number of hydrogen-bond acceptors (Lipinski definition) is 6. The summed E-state index contributed by atoms with van der Waals surface area (Å²) in [5.74, 6) is 1.32. The molecule has 5 rings (SSSR count). The van der Waals surface area contributed by atoms with Gasteiger partial charge >= 0.3 is 12.2 Å². The quantitative estimate of drug-likeness (QED) is 0.497. The first kappa shape index (κ1) is 26.0. The molecule has 0 aliphatic heterocycles. The van der Waals surface area contributed by atoms with Crippen molar-refractivity contribution in [1.29, 1.82) is 0 Å². The summed E-state index contributed by atoms with van der Waals surface area (Å²) in [4.78, 5) is 36.3. The van der Waals surface area contributed by atoms with E-state index < -0.39 is 17.7 Å². The number of nitrogens with two attached hydrogens (primary N) is 1. The minimum absolute atomic E-state index is 0.00341. The lowest BCUT2D eigenvalue weighted by Gasteiger charge is -2.59. The Morgan fingerprint density at radius 2 is 1.92 bits per heavy atom. The molecule has 2 unspecified atom stereocenters. The molecule has 4 aliphatic rings. The molecule has 4 aliphatic carbocycles. The summed E-state index contributed by atoms with van der Waals surface area (Å²) in [6, 6.07) is 0.109. The van der Waals surface area contributed by atoms with Crippen LogP contribution in [0, 0.1) is 23.2 Å². The van der Waals surface area contributed by atoms with Crippen LogP contribution < -0.4 is 16.4 Å². The molecule has 36 heavy (non-hydrogen) atoms. The van der Waals surface area contributed by atoms with E-state index in [0.717, 1.165) is 37.8 Å². The van der Waals surface area contributed by atoms with E-state index in [1.165, 1.54) is 7.11 Å². The van der Waals surface area contributed by atoms with Gasteiger partial charge < -0.3 is 25.8 Å². The van der Waals surface area contributed by atoms with Crippen LogP contribution in [0.1, 0.15) is 81.8 Å². The molecule has 4 N–H and O–H groups in total. The van der Waals surface area contributed by atoms with Gasteiger partial charge in [-0.15, -0.1) is 0 Å². The standard InChI is InChI=1S/C26H39N5O5/c1-15(2)21-19(13-28-31(21)7-6-25(3,4)30-24(34)35-5)22(32)29-20-17-8-16-9-18(20)12-26(10-16,11-17)14-36-23(27)33/h6-7,13,15-18,20H,8-12,14H2,1-5H3,(H2,27,33)(H,29,32)(H,30,34)/b7-6+. The second kappa shape index (κ2) is 9.78. The molecule has 4 bridgehead atoms. The monoisotopic (exact) mass is 501 g/mol. The number of nitrogens with one attached hydrogen (secondary N) is 2. The topological polar surface area (TPSA) is 138 Å². The van der Waals surface area contributed by atoms with E-state index in [1.54, 1.807) is 17.1 Å². The van der Waals surface area contributed by atoms with Gasteiger partial charge in [-0.25, -0.2) is 14.3 Å². The Bertz CT molecular complexity index is 1030. The van der Waals surface area contributed by atoms with E-state index in [2.05, 4.69) is 15.7 Å². The predicted molar refractivity (Wildman–Crippen MR) is 134 cm³/mol. The zero-order valence-corrected chi connectivity index (χ0v) is 21.9. The maximum Gasteiger partial charge on any atom is 0.407 e. The number of hydrogen-bond donors (Lipinski definition) is 3. The summed E-state index contributed by atoms with van der Waals surface area (Å²) in [5.41, 5.74) is 5.95. The van der Waals surface area contributed by atoms with Gasteiger partial charge in [0, 0.05) is 17.7 Å². The molecule has 10 heteroatoms. The molecule has 1 aromatic rings. The lowest BCUT2D eigenvalue weighted by atomic mass is 9.48. The zero-order chi connectivity index (χ0) is 26.3. The third-order valence-electron chi connectivity index (χ3n) is 8.09. The van der Waals surface area contributed by atoms with Crippen LogP contribution in [0.4, 0.5) is 9.59 Å². The number of aromatic nitrogens is 2. The fraction of sp³-hybridized carbons (Fsp3) is 0.692. The molecular formula is C26H39N5O5. The summed E-state index contributed by atoms with van der Waals surface area (Å²) in [5, 5.41) is 10.6. The molecule has 0 spiro atoms. The van der Waals surface area contributed by atoms with Gasteiger partial charge in [-0.3, -0.25) is 4.79 Å². The average molecular weight is 502 g/mol. The summed E-state index contributed by atoms with van der Waals surface area (Å²) >= 11 is 0. The molecule has 0 radical (unpaired) electrons. The second-order valence-electron chi connectivity index (χ2n) is 11.8. The number of primary amides is 1. The third kappa shape index (κ3) is 5.37. The normalized spacial score (nSPS) is 28.9. The minimum atomic E-state index is -0.715. The van der Waals surface area contributed by atoms with Crippen molar-refractivity contribution < 1.29 is 23.9 Å². The molecule has 0 aromatic carbocycles. The molecule has 4 fully saturated rings. The van der Waals surface area contributed by atoms with E-state index in [4.69, 9.17) is 15.2 Å². The lowest BCUT2D eigenvalue weighted by Crippen LogP contribution is -2.60. The minimum Gasteiger partial charge on any atom is -0.453 e. The number of carbonyl (C=O) groups excluding carboxylic acids is 3. The van der Waals surface area contributed by atoms with Crippen LogP contribution >= 0.6 is 0 Å². The highest BCUT2D eigenvalue weighted by Gasteiger charge is 2.56. The smallest absolute Gasteiger partial charge is 0.407 e. The number of alkyl carbamates (subject to hydrolysis) is 1. The van der Waals surface area contributed by atoms with Gasteiger partial charge in [-0.05, 0) is 75.7 Å². The van der Waals surface area contributed by atoms with Crippen molar-refractivity contribution in [2.75, 3.05) is 13.7 Å². The van der Waals surface area contributed by atoms with Crippen molar-refractivity contribution >= 4 is 24.3 Å². The van der Waals surface area contributed by atoms with Crippen LogP contribution in [0.25, 0.3) is 6.20 Å². The Hall–Kier alpha value is -3.04. The molecule has 198 valence electrons. The average Bonchev–Trinajstić information content (AvgIpc) is 3.23. The number of ether oxygens (including phenoxy) is 2. The lowest BCUT2D eigenvalue weighted by molar-refractivity contribution is -0.0977. The van der Waals surface area contributed by atoms with Crippen molar-refractivity contribution in [1.82, 2.24) is 20.4 Å². The van der Waals surface area contributed by atoms with Crippen molar-refractivity contribution in [2.24, 2.45) is 28.9 Å². The summed E-state index contributed by atoms with van der Waals surface area (Å²) < 4.78 is 11.6. The first-order valence-electron chi connectivity index (χ1n) is 12.8. The van der Waals surface area contributed by atoms with Crippen molar-refractivity contribution in [3.8, 4) is 0 Å². The molecule has 1 aromatic heterocycles. The summed E-state index contributed by atoms with van der Waals surface area (Å²) in [6.07, 6.45) is 9.13. The molecule has 2 atom stereocenters. The highest BCUT2D eigenvalue weighted by molar-refractivity contribution is 5.95. The van der Waals surface area contributed by atoms with Crippen LogP contribution in [0.2, 0.25) is 0 Å². The van der Waals surface area contributed by atoms with Gasteiger partial charge in [-0.2, -0.15) is 5.10 Å². The molecule has 10 nitrogen and oxygen atoms in total. The molecule has 0 saturated heterocycles. The highest BCUT2D eigenvalue weighted by Crippen LogP contribution is 2.60. The maximum absolute atomic E-state index is 13.5. The third-order valence-corrected chi connectivity index (χ3v) is 8.09. The fourth-order valence-electron chi connectivity index (χ4n) is 6.91. The zero-order valence-electron chi connectivity index (χ0n) is 21.9. The number of amides is 3. The van der Waals surface area contributed by atoms with Gasteiger partial charge in [0.2, 0.25) is 0 Å². The van der Waals surface area contributed by atoms with Crippen molar-refractivity contribution in [3.63, 3.8) is 0 Å². The fourth-order valence-corrected chi connectivity index (χ4v) is 6.91. The van der Waals surface area contributed by atoms with Gasteiger partial charge in [0.1, 0.15) is 0 Å².